The van der Waals surface area contributed by atoms with Crippen molar-refractivity contribution >= 4 is 42.9 Å². The molecule has 2 N–H and O–H groups in total. The molecule has 0 aliphatic carbocycles. The zero-order chi connectivity index (χ0) is 21.7. The molecule has 0 bridgehead atoms. The molecule has 1 heterocycles. The van der Waals surface area contributed by atoms with Crippen LogP contribution in [0.2, 0.25) is 0 Å². The van der Waals surface area contributed by atoms with Crippen LogP contribution in [-0.4, -0.2) is 56.2 Å². The average molecular weight is 444 g/mol. The lowest BCUT2D eigenvalue weighted by molar-refractivity contribution is -0.384. The molecule has 0 spiro atoms. The Balaban J connectivity index is 2.00. The Hall–Kier alpha value is -1.98. The molecule has 1 aliphatic heterocycles. The zero-order valence-corrected chi connectivity index (χ0v) is 17.9. The molecule has 1 aliphatic rings. The lowest BCUT2D eigenvalue weighted by Crippen LogP contribution is -2.47. The predicted molar refractivity (Wildman–Crippen MR) is 113 cm³/mol. The number of likely N-dealkylation sites (tertiary alicyclic amines) is 1. The Bertz CT molecular complexity index is 746. The Morgan fingerprint density at radius 3 is 2.55 bits per heavy atom. The molecule has 5 atom stereocenters. The highest BCUT2D eigenvalue weighted by atomic mass is 32.1. The first-order chi connectivity index (χ1) is 13.6. The summed E-state index contributed by atoms with van der Waals surface area (Å²) in [5, 5.41) is 21.9. The second-order valence-electron chi connectivity index (χ2n) is 7.05. The van der Waals surface area contributed by atoms with E-state index in [1.54, 1.807) is 6.92 Å². The summed E-state index contributed by atoms with van der Waals surface area (Å²) in [6.45, 7) is 3.45. The molecule has 0 aromatic heterocycles. The third-order valence-corrected chi connectivity index (χ3v) is 5.90. The molecule has 3 unspecified atom stereocenters. The minimum Gasteiger partial charge on any atom is -0.445 e. The van der Waals surface area contributed by atoms with Gasteiger partial charge < -0.3 is 20.1 Å². The predicted octanol–water partition coefficient (Wildman–Crippen LogP) is 1.99. The molecule has 1 aromatic rings. The summed E-state index contributed by atoms with van der Waals surface area (Å²) in [4.78, 5) is 36.5. The van der Waals surface area contributed by atoms with Crippen molar-refractivity contribution in [3.63, 3.8) is 0 Å². The van der Waals surface area contributed by atoms with Gasteiger partial charge in [-0.2, -0.15) is 25.3 Å². The van der Waals surface area contributed by atoms with E-state index in [1.807, 2.05) is 0 Å². The van der Waals surface area contributed by atoms with Crippen LogP contribution in [0.1, 0.15) is 25.8 Å². The summed E-state index contributed by atoms with van der Waals surface area (Å²) in [5.74, 6) is -0.914. The molecule has 2 amide bonds. The van der Waals surface area contributed by atoms with Crippen LogP contribution in [0.3, 0.4) is 0 Å². The molecule has 2 rings (SSSR count). The number of aliphatic hydroxyl groups excluding tert-OH is 1. The fraction of sp³-hybridized carbons (Fsp3) is 0.556. The van der Waals surface area contributed by atoms with E-state index in [0.29, 0.717) is 18.5 Å². The van der Waals surface area contributed by atoms with Gasteiger partial charge in [-0.15, -0.1) is 0 Å². The molecule has 1 fully saturated rings. The first-order valence-electron chi connectivity index (χ1n) is 9.11. The number of hydrogen-bond donors (Lipinski definition) is 4. The van der Waals surface area contributed by atoms with Gasteiger partial charge in [0.25, 0.3) is 5.69 Å². The lowest BCUT2D eigenvalue weighted by Gasteiger charge is -2.31. The zero-order valence-electron chi connectivity index (χ0n) is 16.1. The maximum atomic E-state index is 12.6. The van der Waals surface area contributed by atoms with Gasteiger partial charge in [0.1, 0.15) is 12.8 Å². The van der Waals surface area contributed by atoms with Gasteiger partial charge in [0.15, 0.2) is 0 Å². The van der Waals surface area contributed by atoms with Crippen LogP contribution < -0.4 is 5.32 Å². The van der Waals surface area contributed by atoms with Crippen molar-refractivity contribution in [3.05, 3.63) is 39.9 Å². The maximum absolute atomic E-state index is 12.6. The van der Waals surface area contributed by atoms with E-state index in [1.165, 1.54) is 36.1 Å². The second-order valence-corrected chi connectivity index (χ2v) is 8.38. The van der Waals surface area contributed by atoms with Crippen LogP contribution in [0.4, 0.5) is 10.5 Å². The minimum atomic E-state index is -0.977. The quantitative estimate of drug-likeness (QED) is 0.221. The standard InChI is InChI=1S/C18H25N3O6S2/c1-10(17(23)19-11(2)22)16(29)15-7-14(28)8-20(15)18(24)27-9-12-3-5-13(6-4-12)21(25)26/h3-6,10-11,14-16,22,28-29H,7-9H2,1-2H3,(H,19,23)/t10?,11?,14-,15-,16?/m0/s1. The molecule has 9 nitrogen and oxygen atoms in total. The number of hydrogen-bond acceptors (Lipinski definition) is 8. The van der Waals surface area contributed by atoms with Gasteiger partial charge in [0, 0.05) is 41.1 Å². The van der Waals surface area contributed by atoms with Crippen LogP contribution in [0, 0.1) is 16.0 Å². The highest BCUT2D eigenvalue weighted by Gasteiger charge is 2.41. The van der Waals surface area contributed by atoms with E-state index >= 15 is 0 Å². The Morgan fingerprint density at radius 2 is 2.00 bits per heavy atom. The molecule has 0 saturated carbocycles. The lowest BCUT2D eigenvalue weighted by atomic mass is 9.98. The highest BCUT2D eigenvalue weighted by Crippen LogP contribution is 2.31. The fourth-order valence-electron chi connectivity index (χ4n) is 3.14. The molecular formula is C18H25N3O6S2. The number of nitrogens with zero attached hydrogens (tertiary/aromatic N) is 2. The summed E-state index contributed by atoms with van der Waals surface area (Å²) in [7, 11) is 0. The average Bonchev–Trinajstić information content (AvgIpc) is 3.06. The van der Waals surface area contributed by atoms with E-state index in [4.69, 9.17) is 4.74 Å². The van der Waals surface area contributed by atoms with Crippen molar-refractivity contribution in [2.45, 2.75) is 49.6 Å². The summed E-state index contributed by atoms with van der Waals surface area (Å²) < 4.78 is 5.35. The van der Waals surface area contributed by atoms with Crippen molar-refractivity contribution in [2.24, 2.45) is 5.92 Å². The Labute approximate surface area is 179 Å². The van der Waals surface area contributed by atoms with E-state index < -0.39 is 28.4 Å². The number of aliphatic hydroxyl groups is 1. The van der Waals surface area contributed by atoms with Crippen molar-refractivity contribution in [1.82, 2.24) is 10.2 Å². The van der Waals surface area contributed by atoms with Gasteiger partial charge in [0.05, 0.1) is 4.92 Å². The molecular weight excluding hydrogens is 418 g/mol. The number of nitro benzene ring substituents is 1. The molecule has 11 heteroatoms. The Kier molecular flexibility index (Phi) is 8.17. The van der Waals surface area contributed by atoms with Gasteiger partial charge >= 0.3 is 6.09 Å². The van der Waals surface area contributed by atoms with Crippen LogP contribution >= 0.6 is 25.3 Å². The molecule has 1 saturated heterocycles. The van der Waals surface area contributed by atoms with Crippen LogP contribution in [0.15, 0.2) is 24.3 Å². The summed E-state index contributed by atoms with van der Waals surface area (Å²) in [6.07, 6.45) is -0.988. The molecule has 29 heavy (non-hydrogen) atoms. The highest BCUT2D eigenvalue weighted by molar-refractivity contribution is 7.81. The first-order valence-corrected chi connectivity index (χ1v) is 10.1. The number of non-ortho nitro benzene ring substituents is 1. The van der Waals surface area contributed by atoms with Crippen molar-refractivity contribution in [2.75, 3.05) is 6.54 Å². The van der Waals surface area contributed by atoms with Gasteiger partial charge in [0.2, 0.25) is 5.91 Å². The minimum absolute atomic E-state index is 0.0351. The number of carbonyl (C=O) groups excluding carboxylic acids is 2. The largest absolute Gasteiger partial charge is 0.445 e. The topological polar surface area (TPSA) is 122 Å². The number of thiol groups is 2. The number of benzene rings is 1. The van der Waals surface area contributed by atoms with Gasteiger partial charge in [-0.3, -0.25) is 14.9 Å². The second kappa shape index (κ2) is 10.2. The van der Waals surface area contributed by atoms with Crippen molar-refractivity contribution in [3.8, 4) is 0 Å². The third-order valence-electron chi connectivity index (χ3n) is 4.74. The van der Waals surface area contributed by atoms with E-state index in [2.05, 4.69) is 30.6 Å². The van der Waals surface area contributed by atoms with Crippen LogP contribution in [-0.2, 0) is 16.1 Å². The number of carbonyl (C=O) groups is 2. The Morgan fingerprint density at radius 1 is 1.38 bits per heavy atom. The number of nitrogens with one attached hydrogen (secondary N) is 1. The normalized spacial score (nSPS) is 21.9. The van der Waals surface area contributed by atoms with Gasteiger partial charge in [-0.1, -0.05) is 6.92 Å². The van der Waals surface area contributed by atoms with Crippen LogP contribution in [0.5, 0.6) is 0 Å². The first kappa shape index (κ1) is 23.3. The number of ether oxygens (including phenoxy) is 1. The summed E-state index contributed by atoms with van der Waals surface area (Å²) in [5.41, 5.74) is 0.578. The van der Waals surface area contributed by atoms with Crippen molar-refractivity contribution < 1.29 is 24.4 Å². The molecule has 160 valence electrons. The number of rotatable bonds is 7. The monoisotopic (exact) mass is 443 g/mol. The smallest absolute Gasteiger partial charge is 0.410 e. The van der Waals surface area contributed by atoms with E-state index in [-0.39, 0.29) is 29.5 Å². The summed E-state index contributed by atoms with van der Waals surface area (Å²) in [6, 6.07) is 5.38. The van der Waals surface area contributed by atoms with Gasteiger partial charge in [-0.05, 0) is 31.0 Å². The van der Waals surface area contributed by atoms with E-state index in [0.717, 1.165) is 0 Å². The number of amides is 2. The van der Waals surface area contributed by atoms with Gasteiger partial charge in [-0.25, -0.2) is 4.79 Å². The summed E-state index contributed by atoms with van der Waals surface area (Å²) >= 11 is 9.01. The third kappa shape index (κ3) is 6.25. The molecule has 1 aromatic carbocycles. The number of nitro groups is 1. The van der Waals surface area contributed by atoms with Crippen LogP contribution in [0.25, 0.3) is 0 Å². The maximum Gasteiger partial charge on any atom is 0.410 e. The fourth-order valence-corrected chi connectivity index (χ4v) is 3.95. The van der Waals surface area contributed by atoms with E-state index in [9.17, 15) is 24.8 Å². The van der Waals surface area contributed by atoms with Crippen molar-refractivity contribution in [1.29, 1.82) is 0 Å². The molecule has 0 radical (unpaired) electrons. The SMILES string of the molecule is CC(O)NC(=O)C(C)C(S)[C@@H]1C[C@H](S)CN1C(=O)OCc1ccc([N+](=O)[O-])cc1.